The molecule has 0 aliphatic carbocycles. The summed E-state index contributed by atoms with van der Waals surface area (Å²) in [4.78, 5) is 11.3. The Morgan fingerprint density at radius 3 is 2.44 bits per heavy atom. The molecular weight excluding hydrogens is 204 g/mol. The van der Waals surface area contributed by atoms with E-state index >= 15 is 0 Å². The number of benzene rings is 1. The second-order valence-corrected chi connectivity index (χ2v) is 3.62. The van der Waals surface area contributed by atoms with E-state index in [1.54, 1.807) is 14.0 Å². The van der Waals surface area contributed by atoms with E-state index < -0.39 is 0 Å². The summed E-state index contributed by atoms with van der Waals surface area (Å²) in [6, 6.07) is 7.62. The van der Waals surface area contributed by atoms with Gasteiger partial charge >= 0.3 is 0 Å². The number of carbonyl (C=O) groups is 1. The number of hydrogen-bond donors (Lipinski definition) is 0. The summed E-state index contributed by atoms with van der Waals surface area (Å²) in [6.45, 7) is 4.09. The Labute approximate surface area is 96.4 Å². The van der Waals surface area contributed by atoms with Crippen LogP contribution in [0.5, 0.6) is 5.75 Å². The number of carbonyl (C=O) groups excluding carboxylic acids is 1. The monoisotopic (exact) mass is 222 g/mol. The van der Waals surface area contributed by atoms with Crippen molar-refractivity contribution in [1.29, 1.82) is 0 Å². The lowest BCUT2D eigenvalue weighted by atomic mass is 10.2. The fourth-order valence-electron chi connectivity index (χ4n) is 1.32. The van der Waals surface area contributed by atoms with Crippen molar-refractivity contribution in [3.05, 3.63) is 29.8 Å². The first kappa shape index (κ1) is 12.7. The molecule has 0 fully saturated rings. The molecule has 1 aromatic carbocycles. The minimum Gasteiger partial charge on any atom is -0.497 e. The van der Waals surface area contributed by atoms with Gasteiger partial charge in [0.1, 0.15) is 11.9 Å². The molecule has 3 nitrogen and oxygen atoms in total. The molecule has 0 aliphatic heterocycles. The normalized spacial score (nSPS) is 12.2. The third-order valence-corrected chi connectivity index (χ3v) is 2.46. The fraction of sp³-hybridized carbons (Fsp3) is 0.462. The predicted molar refractivity (Wildman–Crippen MR) is 62.5 cm³/mol. The van der Waals surface area contributed by atoms with Crippen molar-refractivity contribution in [1.82, 2.24) is 0 Å². The maximum Gasteiger partial charge on any atom is 0.161 e. The number of methoxy groups -OCH3 is 1. The van der Waals surface area contributed by atoms with Gasteiger partial charge in [0.15, 0.2) is 5.78 Å². The van der Waals surface area contributed by atoms with E-state index in [1.807, 2.05) is 31.2 Å². The average molecular weight is 222 g/mol. The van der Waals surface area contributed by atoms with Crippen molar-refractivity contribution < 1.29 is 14.3 Å². The van der Waals surface area contributed by atoms with E-state index in [-0.39, 0.29) is 11.9 Å². The molecule has 0 saturated carbocycles. The van der Waals surface area contributed by atoms with Crippen molar-refractivity contribution in [3.63, 3.8) is 0 Å². The van der Waals surface area contributed by atoms with Gasteiger partial charge in [0.25, 0.3) is 0 Å². The molecule has 3 heteroatoms. The number of ether oxygens (including phenoxy) is 2. The van der Waals surface area contributed by atoms with Crippen molar-refractivity contribution in [2.45, 2.75) is 33.0 Å². The van der Waals surface area contributed by atoms with Gasteiger partial charge in [0, 0.05) is 6.42 Å². The molecule has 1 rings (SSSR count). The van der Waals surface area contributed by atoms with Crippen LogP contribution in [0.1, 0.15) is 25.8 Å². The van der Waals surface area contributed by atoms with Gasteiger partial charge in [-0.15, -0.1) is 0 Å². The zero-order chi connectivity index (χ0) is 12.0. The quantitative estimate of drug-likeness (QED) is 0.742. The van der Waals surface area contributed by atoms with Crippen LogP contribution in [0.25, 0.3) is 0 Å². The molecule has 88 valence electrons. The molecule has 0 spiro atoms. The highest BCUT2D eigenvalue weighted by Gasteiger charge is 2.10. The van der Waals surface area contributed by atoms with Crippen LogP contribution in [0.15, 0.2) is 24.3 Å². The maximum absolute atomic E-state index is 11.3. The summed E-state index contributed by atoms with van der Waals surface area (Å²) in [5.41, 5.74) is 1.04. The SMILES string of the molecule is CCC(=O)C(C)OCc1ccc(OC)cc1. The second-order valence-electron chi connectivity index (χ2n) is 3.62. The lowest BCUT2D eigenvalue weighted by molar-refractivity contribution is -0.129. The van der Waals surface area contributed by atoms with Crippen LogP contribution in [-0.2, 0) is 16.1 Å². The van der Waals surface area contributed by atoms with E-state index in [1.165, 1.54) is 0 Å². The van der Waals surface area contributed by atoms with Crippen molar-refractivity contribution in [3.8, 4) is 5.75 Å². The first-order chi connectivity index (χ1) is 7.67. The molecule has 0 aromatic heterocycles. The number of Topliss-reactive ketones (excluding diaryl/α,β-unsaturated/α-hetero) is 1. The minimum absolute atomic E-state index is 0.133. The molecule has 1 unspecified atom stereocenters. The summed E-state index contributed by atoms with van der Waals surface area (Å²) < 4.78 is 10.5. The third kappa shape index (κ3) is 3.66. The molecule has 0 heterocycles. The molecule has 1 atom stereocenters. The Bertz CT molecular complexity index is 330. The van der Waals surface area contributed by atoms with E-state index in [2.05, 4.69) is 0 Å². The summed E-state index contributed by atoms with van der Waals surface area (Å²) in [7, 11) is 1.63. The lowest BCUT2D eigenvalue weighted by Crippen LogP contribution is -2.19. The standard InChI is InChI=1S/C13H18O3/c1-4-13(14)10(2)16-9-11-5-7-12(15-3)8-6-11/h5-8,10H,4,9H2,1-3H3. The minimum atomic E-state index is -0.327. The summed E-state index contributed by atoms with van der Waals surface area (Å²) in [5.74, 6) is 0.954. The van der Waals surface area contributed by atoms with Crippen LogP contribution >= 0.6 is 0 Å². The molecule has 0 aliphatic rings. The van der Waals surface area contributed by atoms with Crippen LogP contribution in [0, 0.1) is 0 Å². The zero-order valence-corrected chi connectivity index (χ0v) is 10.0. The average Bonchev–Trinajstić information content (AvgIpc) is 2.35. The Morgan fingerprint density at radius 1 is 1.31 bits per heavy atom. The van der Waals surface area contributed by atoms with Gasteiger partial charge in [-0.3, -0.25) is 4.79 Å². The van der Waals surface area contributed by atoms with Crippen molar-refractivity contribution in [2.75, 3.05) is 7.11 Å². The van der Waals surface area contributed by atoms with E-state index in [4.69, 9.17) is 9.47 Å². The van der Waals surface area contributed by atoms with Crippen LogP contribution in [0.3, 0.4) is 0 Å². The van der Waals surface area contributed by atoms with E-state index in [0.29, 0.717) is 13.0 Å². The number of hydrogen-bond acceptors (Lipinski definition) is 3. The number of rotatable bonds is 6. The van der Waals surface area contributed by atoms with E-state index in [9.17, 15) is 4.79 Å². The van der Waals surface area contributed by atoms with Gasteiger partial charge in [-0.1, -0.05) is 19.1 Å². The zero-order valence-electron chi connectivity index (χ0n) is 10.0. The van der Waals surface area contributed by atoms with E-state index in [0.717, 1.165) is 11.3 Å². The Hall–Kier alpha value is -1.35. The molecule has 1 aromatic rings. The molecule has 16 heavy (non-hydrogen) atoms. The third-order valence-electron chi connectivity index (χ3n) is 2.46. The largest absolute Gasteiger partial charge is 0.497 e. The highest BCUT2D eigenvalue weighted by Crippen LogP contribution is 2.12. The Balaban J connectivity index is 2.45. The van der Waals surface area contributed by atoms with Gasteiger partial charge in [0.2, 0.25) is 0 Å². The summed E-state index contributed by atoms with van der Waals surface area (Å²) in [6.07, 6.45) is 0.191. The van der Waals surface area contributed by atoms with Crippen LogP contribution < -0.4 is 4.74 Å². The highest BCUT2D eigenvalue weighted by molar-refractivity contribution is 5.82. The van der Waals surface area contributed by atoms with Gasteiger partial charge in [-0.05, 0) is 24.6 Å². The Morgan fingerprint density at radius 2 is 1.94 bits per heavy atom. The topological polar surface area (TPSA) is 35.5 Å². The van der Waals surface area contributed by atoms with Crippen LogP contribution in [0.4, 0.5) is 0 Å². The number of ketones is 1. The predicted octanol–water partition coefficient (Wildman–Crippen LogP) is 2.58. The fourth-order valence-corrected chi connectivity index (χ4v) is 1.32. The molecule has 0 bridgehead atoms. The highest BCUT2D eigenvalue weighted by atomic mass is 16.5. The van der Waals surface area contributed by atoms with Crippen molar-refractivity contribution in [2.24, 2.45) is 0 Å². The van der Waals surface area contributed by atoms with Crippen LogP contribution in [-0.4, -0.2) is 19.0 Å². The lowest BCUT2D eigenvalue weighted by Gasteiger charge is -2.11. The maximum atomic E-state index is 11.3. The van der Waals surface area contributed by atoms with Gasteiger partial charge < -0.3 is 9.47 Å². The van der Waals surface area contributed by atoms with Gasteiger partial charge in [0.05, 0.1) is 13.7 Å². The molecule has 0 saturated heterocycles. The molecule has 0 amide bonds. The summed E-state index contributed by atoms with van der Waals surface area (Å²) in [5, 5.41) is 0. The van der Waals surface area contributed by atoms with Crippen LogP contribution in [0.2, 0.25) is 0 Å². The molecular formula is C13H18O3. The smallest absolute Gasteiger partial charge is 0.161 e. The first-order valence-electron chi connectivity index (χ1n) is 5.44. The molecule has 0 radical (unpaired) electrons. The van der Waals surface area contributed by atoms with Gasteiger partial charge in [-0.2, -0.15) is 0 Å². The summed E-state index contributed by atoms with van der Waals surface area (Å²) >= 11 is 0. The second kappa shape index (κ2) is 6.28. The van der Waals surface area contributed by atoms with Crippen molar-refractivity contribution >= 4 is 5.78 Å². The van der Waals surface area contributed by atoms with Gasteiger partial charge in [-0.25, -0.2) is 0 Å². The Kier molecular flexibility index (Phi) is 4.99. The first-order valence-corrected chi connectivity index (χ1v) is 5.44. The molecule has 0 N–H and O–H groups in total.